The molecule has 1 atom stereocenters. The molecule has 9 heteroatoms. The number of allylic oxidation sites excluding steroid dienone is 6. The van der Waals surface area contributed by atoms with E-state index in [-0.39, 0.29) is 19.4 Å². The largest absolute Gasteiger partial charge is 0.469 e. The van der Waals surface area contributed by atoms with E-state index in [0.29, 0.717) is 6.42 Å². The summed E-state index contributed by atoms with van der Waals surface area (Å²) in [6.45, 7) is 2.90. The van der Waals surface area contributed by atoms with Gasteiger partial charge in [0.1, 0.15) is 6.61 Å². The molecule has 0 heterocycles. The topological polar surface area (TPSA) is 119 Å². The molecular weight excluding hydrogens is 471 g/mol. The van der Waals surface area contributed by atoms with Crippen molar-refractivity contribution < 1.29 is 37.9 Å². The van der Waals surface area contributed by atoms with Crippen molar-refractivity contribution in [2.75, 3.05) is 13.2 Å². The molecule has 202 valence electrons. The van der Waals surface area contributed by atoms with Gasteiger partial charge in [0, 0.05) is 12.8 Å². The summed E-state index contributed by atoms with van der Waals surface area (Å²) in [6.07, 6.45) is 24.0. The standard InChI is InChI=1S/C26H45O8P/c1-3-5-6-7-8-9-10-11-12-13-14-15-16-17-18-19-20-21-26(28)34-24(22-32-25(27)4-2)23-33-35(29,30)31/h5-6,8-9,11-12,24H,3-4,7,10,13-23H2,1-2H3,(H2,29,30,31)/b6-5-,9-8-,12-11-. The van der Waals surface area contributed by atoms with Crippen LogP contribution < -0.4 is 0 Å². The predicted octanol–water partition coefficient (Wildman–Crippen LogP) is 6.33. The lowest BCUT2D eigenvalue weighted by molar-refractivity contribution is -0.161. The Morgan fingerprint density at radius 2 is 1.34 bits per heavy atom. The van der Waals surface area contributed by atoms with Crippen molar-refractivity contribution in [2.45, 2.75) is 103 Å². The summed E-state index contributed by atoms with van der Waals surface area (Å²) in [7, 11) is -4.71. The molecule has 0 bridgehead atoms. The average Bonchev–Trinajstić information content (AvgIpc) is 2.81. The number of carbonyl (C=O) groups excluding carboxylic acids is 2. The van der Waals surface area contributed by atoms with Crippen molar-refractivity contribution in [1.29, 1.82) is 0 Å². The number of unbranched alkanes of at least 4 members (excludes halogenated alkanes) is 7. The summed E-state index contributed by atoms with van der Waals surface area (Å²) in [4.78, 5) is 41.0. The molecule has 1 unspecified atom stereocenters. The summed E-state index contributed by atoms with van der Waals surface area (Å²) in [6, 6.07) is 0. The third kappa shape index (κ3) is 25.2. The van der Waals surface area contributed by atoms with E-state index < -0.39 is 32.5 Å². The Morgan fingerprint density at radius 3 is 1.94 bits per heavy atom. The number of rotatable bonds is 22. The predicted molar refractivity (Wildman–Crippen MR) is 138 cm³/mol. The summed E-state index contributed by atoms with van der Waals surface area (Å²) in [5.74, 6) is -1.00. The quantitative estimate of drug-likeness (QED) is 0.0741. The molecule has 35 heavy (non-hydrogen) atoms. The van der Waals surface area contributed by atoms with Crippen LogP contribution in [0.5, 0.6) is 0 Å². The van der Waals surface area contributed by atoms with Gasteiger partial charge in [-0.2, -0.15) is 0 Å². The smallest absolute Gasteiger partial charge is 0.462 e. The van der Waals surface area contributed by atoms with Gasteiger partial charge in [-0.05, 0) is 38.5 Å². The van der Waals surface area contributed by atoms with Crippen LogP contribution in [0.3, 0.4) is 0 Å². The lowest BCUT2D eigenvalue weighted by Gasteiger charge is -2.18. The van der Waals surface area contributed by atoms with E-state index in [4.69, 9.17) is 19.3 Å². The fourth-order valence-electron chi connectivity index (χ4n) is 3.07. The minimum absolute atomic E-state index is 0.145. The molecular formula is C26H45O8P. The summed E-state index contributed by atoms with van der Waals surface area (Å²) in [5.41, 5.74) is 0. The van der Waals surface area contributed by atoms with Crippen LogP contribution in [0, 0.1) is 0 Å². The van der Waals surface area contributed by atoms with Crippen molar-refractivity contribution in [2.24, 2.45) is 0 Å². The van der Waals surface area contributed by atoms with Gasteiger partial charge >= 0.3 is 19.8 Å². The zero-order valence-electron chi connectivity index (χ0n) is 21.4. The number of phosphoric acid groups is 1. The molecule has 0 spiro atoms. The monoisotopic (exact) mass is 516 g/mol. The molecule has 0 radical (unpaired) electrons. The molecule has 0 aliphatic heterocycles. The second-order valence-electron chi connectivity index (χ2n) is 8.24. The maximum absolute atomic E-state index is 12.0. The van der Waals surface area contributed by atoms with Crippen LogP contribution in [-0.4, -0.2) is 41.0 Å². The highest BCUT2D eigenvalue weighted by molar-refractivity contribution is 7.46. The summed E-state index contributed by atoms with van der Waals surface area (Å²) >= 11 is 0. The molecule has 0 saturated heterocycles. The molecule has 0 fully saturated rings. The second-order valence-corrected chi connectivity index (χ2v) is 9.48. The first-order valence-electron chi connectivity index (χ1n) is 12.8. The number of phosphoric ester groups is 1. The Morgan fingerprint density at radius 1 is 0.771 bits per heavy atom. The van der Waals surface area contributed by atoms with E-state index in [0.717, 1.165) is 44.9 Å². The third-order valence-electron chi connectivity index (χ3n) is 4.98. The van der Waals surface area contributed by atoms with E-state index in [9.17, 15) is 14.2 Å². The maximum Gasteiger partial charge on any atom is 0.469 e. The van der Waals surface area contributed by atoms with Gasteiger partial charge in [0.05, 0.1) is 6.61 Å². The van der Waals surface area contributed by atoms with Crippen LogP contribution >= 0.6 is 7.82 Å². The molecule has 8 nitrogen and oxygen atoms in total. The number of hydrogen-bond acceptors (Lipinski definition) is 6. The molecule has 2 N–H and O–H groups in total. The van der Waals surface area contributed by atoms with Gasteiger partial charge in [-0.15, -0.1) is 0 Å². The fourth-order valence-corrected chi connectivity index (χ4v) is 3.43. The zero-order valence-corrected chi connectivity index (χ0v) is 22.3. The highest BCUT2D eigenvalue weighted by Gasteiger charge is 2.22. The van der Waals surface area contributed by atoms with E-state index >= 15 is 0 Å². The molecule has 0 aliphatic rings. The normalized spacial score (nSPS) is 13.1. The van der Waals surface area contributed by atoms with Gasteiger partial charge in [0.2, 0.25) is 0 Å². The van der Waals surface area contributed by atoms with Crippen LogP contribution in [0.2, 0.25) is 0 Å². The van der Waals surface area contributed by atoms with E-state index in [2.05, 4.69) is 47.9 Å². The lowest BCUT2D eigenvalue weighted by atomic mass is 10.1. The Labute approximate surface area is 211 Å². The Kier molecular flexibility index (Phi) is 21.6. The lowest BCUT2D eigenvalue weighted by Crippen LogP contribution is -2.29. The maximum atomic E-state index is 12.0. The number of carbonyl (C=O) groups is 2. The van der Waals surface area contributed by atoms with E-state index in [1.165, 1.54) is 19.3 Å². The van der Waals surface area contributed by atoms with Crippen LogP contribution in [0.25, 0.3) is 0 Å². The van der Waals surface area contributed by atoms with Gasteiger partial charge in [-0.3, -0.25) is 14.1 Å². The van der Waals surface area contributed by atoms with Crippen LogP contribution in [0.15, 0.2) is 36.5 Å². The van der Waals surface area contributed by atoms with Crippen molar-refractivity contribution in [3.8, 4) is 0 Å². The molecule has 0 aromatic rings. The first-order chi connectivity index (χ1) is 16.8. The Bertz CT molecular complexity index is 681. The first kappa shape index (κ1) is 33.3. The highest BCUT2D eigenvalue weighted by atomic mass is 31.2. The minimum atomic E-state index is -4.71. The minimum Gasteiger partial charge on any atom is -0.462 e. The van der Waals surface area contributed by atoms with Crippen molar-refractivity contribution in [1.82, 2.24) is 0 Å². The Hall–Kier alpha value is -1.73. The average molecular weight is 517 g/mol. The molecule has 0 aromatic heterocycles. The van der Waals surface area contributed by atoms with Gasteiger partial charge in [-0.1, -0.05) is 82.4 Å². The van der Waals surface area contributed by atoms with Crippen molar-refractivity contribution >= 4 is 19.8 Å². The zero-order chi connectivity index (χ0) is 26.2. The molecule has 0 saturated carbocycles. The Balaban J connectivity index is 3.81. The van der Waals surface area contributed by atoms with E-state index in [1.54, 1.807) is 6.92 Å². The SMILES string of the molecule is CC/C=C\C/C=C\C/C=C\CCCCCCCCCC(=O)OC(COC(=O)CC)COP(=O)(O)O. The highest BCUT2D eigenvalue weighted by Crippen LogP contribution is 2.35. The molecule has 0 aliphatic carbocycles. The van der Waals surface area contributed by atoms with Crippen LogP contribution in [-0.2, 0) is 28.2 Å². The van der Waals surface area contributed by atoms with Gasteiger partial charge in [0.15, 0.2) is 6.10 Å². The molecule has 0 rings (SSSR count). The van der Waals surface area contributed by atoms with Crippen molar-refractivity contribution in [3.05, 3.63) is 36.5 Å². The number of ether oxygens (including phenoxy) is 2. The molecule has 0 amide bonds. The summed E-state index contributed by atoms with van der Waals surface area (Å²) < 4.78 is 25.3. The number of esters is 2. The third-order valence-corrected chi connectivity index (χ3v) is 5.46. The van der Waals surface area contributed by atoms with Gasteiger partial charge in [0.25, 0.3) is 0 Å². The van der Waals surface area contributed by atoms with E-state index in [1.807, 2.05) is 0 Å². The number of hydrogen-bond donors (Lipinski definition) is 2. The van der Waals surface area contributed by atoms with Gasteiger partial charge < -0.3 is 19.3 Å². The first-order valence-corrected chi connectivity index (χ1v) is 14.3. The second kappa shape index (κ2) is 22.7. The molecule has 0 aromatic carbocycles. The van der Waals surface area contributed by atoms with Gasteiger partial charge in [-0.25, -0.2) is 4.57 Å². The summed E-state index contributed by atoms with van der Waals surface area (Å²) in [5, 5.41) is 0. The van der Waals surface area contributed by atoms with Crippen LogP contribution in [0.1, 0.15) is 97.3 Å². The van der Waals surface area contributed by atoms with Crippen molar-refractivity contribution in [3.63, 3.8) is 0 Å². The van der Waals surface area contributed by atoms with Crippen LogP contribution in [0.4, 0.5) is 0 Å². The fraction of sp³-hybridized carbons (Fsp3) is 0.692.